The van der Waals surface area contributed by atoms with Gasteiger partial charge in [0.15, 0.2) is 0 Å². The predicted octanol–water partition coefficient (Wildman–Crippen LogP) is 1.75. The summed E-state index contributed by atoms with van der Waals surface area (Å²) in [5.41, 5.74) is 5.41. The highest BCUT2D eigenvalue weighted by Crippen LogP contribution is 2.27. The Labute approximate surface area is 96.8 Å². The van der Waals surface area contributed by atoms with Crippen molar-refractivity contribution in [2.24, 2.45) is 11.7 Å². The molecule has 0 saturated heterocycles. The fourth-order valence-corrected chi connectivity index (χ4v) is 2.41. The molecule has 0 heterocycles. The number of hydrogen-bond donors (Lipinski definition) is 2. The van der Waals surface area contributed by atoms with Gasteiger partial charge < -0.3 is 11.1 Å². The van der Waals surface area contributed by atoms with Gasteiger partial charge in [-0.1, -0.05) is 25.1 Å². The zero-order valence-corrected chi connectivity index (χ0v) is 10.1. The molecule has 1 fully saturated rings. The number of hydrogen-bond acceptors (Lipinski definition) is 2. The first kappa shape index (κ1) is 12.4. The highest BCUT2D eigenvalue weighted by atomic mass is 32.1. The van der Waals surface area contributed by atoms with E-state index >= 15 is 0 Å². The molecule has 0 aliphatic heterocycles. The predicted molar refractivity (Wildman–Crippen MR) is 65.6 cm³/mol. The van der Waals surface area contributed by atoms with Crippen molar-refractivity contribution in [1.29, 1.82) is 0 Å². The van der Waals surface area contributed by atoms with Crippen LogP contribution in [-0.2, 0) is 4.79 Å². The summed E-state index contributed by atoms with van der Waals surface area (Å²) in [5, 5.41) is 2.93. The van der Waals surface area contributed by atoms with E-state index < -0.39 is 0 Å². The second-order valence-electron chi connectivity index (χ2n) is 4.49. The highest BCUT2D eigenvalue weighted by Gasteiger charge is 2.19. The van der Waals surface area contributed by atoms with Crippen molar-refractivity contribution in [1.82, 2.24) is 5.32 Å². The first-order chi connectivity index (χ1) is 7.08. The van der Waals surface area contributed by atoms with Crippen LogP contribution in [0.5, 0.6) is 0 Å². The van der Waals surface area contributed by atoms with Crippen LogP contribution < -0.4 is 11.1 Å². The number of nitrogens with two attached hydrogens (primary N) is 1. The second-order valence-corrected chi connectivity index (χ2v) is 5.02. The third kappa shape index (κ3) is 5.11. The molecule has 1 aliphatic carbocycles. The Bertz CT molecular complexity index is 237. The number of nitrogens with one attached hydrogen (secondary N) is 1. The van der Waals surface area contributed by atoms with E-state index in [0.717, 1.165) is 0 Å². The van der Waals surface area contributed by atoms with Crippen molar-refractivity contribution in [3.63, 3.8) is 0 Å². The van der Waals surface area contributed by atoms with Crippen molar-refractivity contribution in [2.45, 2.75) is 51.5 Å². The molecule has 0 bridgehead atoms. The van der Waals surface area contributed by atoms with Crippen molar-refractivity contribution in [2.75, 3.05) is 0 Å². The Morgan fingerprint density at radius 3 is 2.67 bits per heavy atom. The molecule has 1 atom stereocenters. The molecule has 86 valence electrons. The van der Waals surface area contributed by atoms with E-state index in [0.29, 0.717) is 23.7 Å². The summed E-state index contributed by atoms with van der Waals surface area (Å²) in [6.45, 7) is 1.94. The molecule has 0 aromatic heterocycles. The highest BCUT2D eigenvalue weighted by molar-refractivity contribution is 7.80. The Kier molecular flexibility index (Phi) is 5.02. The standard InChI is InChI=1S/C11H20N2OS/c1-8(6-10(12)15)13-11(14)7-9-4-2-3-5-9/h8-9H,2-7H2,1H3,(H2,12,15)(H,13,14). The van der Waals surface area contributed by atoms with Gasteiger partial charge >= 0.3 is 0 Å². The molecule has 0 aromatic carbocycles. The van der Waals surface area contributed by atoms with Crippen LogP contribution in [0, 0.1) is 5.92 Å². The Morgan fingerprint density at radius 2 is 2.13 bits per heavy atom. The van der Waals surface area contributed by atoms with Gasteiger partial charge in [-0.25, -0.2) is 0 Å². The average Bonchev–Trinajstić information content (AvgIpc) is 2.53. The van der Waals surface area contributed by atoms with Crippen molar-refractivity contribution in [3.05, 3.63) is 0 Å². The minimum atomic E-state index is 0.0661. The van der Waals surface area contributed by atoms with Crippen LogP contribution in [0.1, 0.15) is 45.4 Å². The number of amides is 1. The lowest BCUT2D eigenvalue weighted by Crippen LogP contribution is -2.35. The van der Waals surface area contributed by atoms with E-state index in [1.165, 1.54) is 25.7 Å². The van der Waals surface area contributed by atoms with E-state index in [9.17, 15) is 4.79 Å². The Morgan fingerprint density at radius 1 is 1.53 bits per heavy atom. The first-order valence-corrected chi connectivity index (χ1v) is 6.06. The lowest BCUT2D eigenvalue weighted by molar-refractivity contribution is -0.122. The summed E-state index contributed by atoms with van der Waals surface area (Å²) in [6, 6.07) is 0.0661. The third-order valence-corrected chi connectivity index (χ3v) is 3.03. The van der Waals surface area contributed by atoms with E-state index in [1.54, 1.807) is 0 Å². The van der Waals surface area contributed by atoms with Crippen molar-refractivity contribution >= 4 is 23.1 Å². The second kappa shape index (κ2) is 6.05. The van der Waals surface area contributed by atoms with E-state index in [4.69, 9.17) is 18.0 Å². The van der Waals surface area contributed by atoms with Crippen LogP contribution in [0.3, 0.4) is 0 Å². The zero-order valence-electron chi connectivity index (χ0n) is 9.29. The van der Waals surface area contributed by atoms with Crippen LogP contribution in [-0.4, -0.2) is 16.9 Å². The lowest BCUT2D eigenvalue weighted by Gasteiger charge is -2.14. The van der Waals surface area contributed by atoms with Gasteiger partial charge in [-0.3, -0.25) is 4.79 Å². The molecule has 0 radical (unpaired) electrons. The molecule has 15 heavy (non-hydrogen) atoms. The molecule has 1 aliphatic rings. The number of carbonyl (C=O) groups is 1. The van der Waals surface area contributed by atoms with Crippen molar-refractivity contribution in [3.8, 4) is 0 Å². The topological polar surface area (TPSA) is 55.1 Å². The fourth-order valence-electron chi connectivity index (χ4n) is 2.16. The van der Waals surface area contributed by atoms with Crippen LogP contribution >= 0.6 is 12.2 Å². The maximum absolute atomic E-state index is 11.6. The summed E-state index contributed by atoms with van der Waals surface area (Å²) in [7, 11) is 0. The molecule has 1 unspecified atom stereocenters. The lowest BCUT2D eigenvalue weighted by atomic mass is 10.0. The quantitative estimate of drug-likeness (QED) is 0.705. The Balaban J connectivity index is 2.19. The molecular weight excluding hydrogens is 208 g/mol. The van der Waals surface area contributed by atoms with Gasteiger partial charge in [-0.05, 0) is 25.7 Å². The molecule has 4 heteroatoms. The maximum Gasteiger partial charge on any atom is 0.220 e. The summed E-state index contributed by atoms with van der Waals surface area (Å²) < 4.78 is 0. The number of thiocarbonyl (C=S) groups is 1. The van der Waals surface area contributed by atoms with Crippen LogP contribution in [0.25, 0.3) is 0 Å². The van der Waals surface area contributed by atoms with Gasteiger partial charge in [0.05, 0.1) is 4.99 Å². The summed E-state index contributed by atoms with van der Waals surface area (Å²) in [5.74, 6) is 0.743. The SMILES string of the molecule is CC(CC(N)=S)NC(=O)CC1CCCC1. The smallest absolute Gasteiger partial charge is 0.220 e. The molecule has 1 saturated carbocycles. The average molecular weight is 228 g/mol. The van der Waals surface area contributed by atoms with Gasteiger partial charge in [0.1, 0.15) is 0 Å². The first-order valence-electron chi connectivity index (χ1n) is 5.65. The maximum atomic E-state index is 11.6. The Hall–Kier alpha value is -0.640. The number of rotatable bonds is 5. The van der Waals surface area contributed by atoms with Gasteiger partial charge in [0.25, 0.3) is 0 Å². The summed E-state index contributed by atoms with van der Waals surface area (Å²) in [4.78, 5) is 12.1. The molecular formula is C11H20N2OS. The monoisotopic (exact) mass is 228 g/mol. The van der Waals surface area contributed by atoms with E-state index in [-0.39, 0.29) is 11.9 Å². The molecule has 0 spiro atoms. The molecule has 3 nitrogen and oxygen atoms in total. The molecule has 0 aromatic rings. The van der Waals surface area contributed by atoms with Gasteiger partial charge in [-0.15, -0.1) is 0 Å². The van der Waals surface area contributed by atoms with Crippen molar-refractivity contribution < 1.29 is 4.79 Å². The summed E-state index contributed by atoms with van der Waals surface area (Å²) >= 11 is 4.79. The minimum Gasteiger partial charge on any atom is -0.393 e. The van der Waals surface area contributed by atoms with Crippen LogP contribution in [0.2, 0.25) is 0 Å². The number of carbonyl (C=O) groups excluding carboxylic acids is 1. The molecule has 3 N–H and O–H groups in total. The van der Waals surface area contributed by atoms with Crippen LogP contribution in [0.15, 0.2) is 0 Å². The minimum absolute atomic E-state index is 0.0661. The molecule has 1 rings (SSSR count). The van der Waals surface area contributed by atoms with E-state index in [1.807, 2.05) is 6.92 Å². The summed E-state index contributed by atoms with van der Waals surface area (Å²) in [6.07, 6.45) is 6.22. The van der Waals surface area contributed by atoms with Gasteiger partial charge in [0.2, 0.25) is 5.91 Å². The zero-order chi connectivity index (χ0) is 11.3. The molecule has 1 amide bonds. The van der Waals surface area contributed by atoms with Gasteiger partial charge in [-0.2, -0.15) is 0 Å². The fraction of sp³-hybridized carbons (Fsp3) is 0.818. The third-order valence-electron chi connectivity index (χ3n) is 2.86. The van der Waals surface area contributed by atoms with E-state index in [2.05, 4.69) is 5.32 Å². The van der Waals surface area contributed by atoms with Gasteiger partial charge in [0, 0.05) is 18.9 Å². The largest absolute Gasteiger partial charge is 0.393 e. The normalized spacial score (nSPS) is 18.7. The van der Waals surface area contributed by atoms with Crippen LogP contribution in [0.4, 0.5) is 0 Å².